The fourth-order valence-corrected chi connectivity index (χ4v) is 2.93. The summed E-state index contributed by atoms with van der Waals surface area (Å²) in [4.78, 5) is 48.7. The van der Waals surface area contributed by atoms with Crippen molar-refractivity contribution in [2.75, 3.05) is 0 Å². The Labute approximate surface area is 123 Å². The lowest BCUT2D eigenvalue weighted by Gasteiger charge is -2.27. The van der Waals surface area contributed by atoms with Crippen molar-refractivity contribution in [3.05, 3.63) is 33.8 Å². The summed E-state index contributed by atoms with van der Waals surface area (Å²) in [7, 11) is 0. The SMILES string of the molecule is [2H]c1cc(Br)c2c(c1)C(=O)N(C1CCC(=O)NC1=O)C2=O. The summed E-state index contributed by atoms with van der Waals surface area (Å²) >= 11 is 3.17. The van der Waals surface area contributed by atoms with E-state index in [4.69, 9.17) is 1.37 Å². The normalized spacial score (nSPS) is 22.8. The Morgan fingerprint density at radius 3 is 2.70 bits per heavy atom. The van der Waals surface area contributed by atoms with Crippen molar-refractivity contribution in [3.8, 4) is 0 Å². The number of nitrogens with zero attached hydrogens (tertiary/aromatic N) is 1. The van der Waals surface area contributed by atoms with Gasteiger partial charge in [-0.05, 0) is 34.5 Å². The van der Waals surface area contributed by atoms with Gasteiger partial charge in [0.05, 0.1) is 12.5 Å². The van der Waals surface area contributed by atoms with Crippen LogP contribution in [0.4, 0.5) is 0 Å². The zero-order valence-electron chi connectivity index (χ0n) is 11.1. The smallest absolute Gasteiger partial charge is 0.263 e. The number of carbonyl (C=O) groups excluding carboxylic acids is 4. The van der Waals surface area contributed by atoms with E-state index >= 15 is 0 Å². The maximum atomic E-state index is 12.4. The first kappa shape index (κ1) is 11.8. The van der Waals surface area contributed by atoms with Crippen molar-refractivity contribution >= 4 is 39.6 Å². The largest absolute Gasteiger partial charge is 0.295 e. The van der Waals surface area contributed by atoms with Crippen LogP contribution in [0, 0.1) is 0 Å². The Balaban J connectivity index is 2.02. The number of imide groups is 2. The highest BCUT2D eigenvalue weighted by molar-refractivity contribution is 9.10. The molecule has 7 heteroatoms. The molecule has 3 rings (SSSR count). The van der Waals surface area contributed by atoms with Gasteiger partial charge in [0.1, 0.15) is 6.04 Å². The van der Waals surface area contributed by atoms with E-state index in [1.165, 1.54) is 12.1 Å². The molecule has 6 nitrogen and oxygen atoms in total. The van der Waals surface area contributed by atoms with Gasteiger partial charge in [-0.1, -0.05) is 6.04 Å². The van der Waals surface area contributed by atoms with Gasteiger partial charge in [-0.2, -0.15) is 0 Å². The van der Waals surface area contributed by atoms with Gasteiger partial charge in [-0.15, -0.1) is 0 Å². The van der Waals surface area contributed by atoms with E-state index in [9.17, 15) is 19.2 Å². The molecule has 1 aromatic carbocycles. The van der Waals surface area contributed by atoms with Gasteiger partial charge in [0.15, 0.2) is 0 Å². The molecule has 0 radical (unpaired) electrons. The number of carbonyl (C=O) groups is 4. The van der Waals surface area contributed by atoms with E-state index in [1.807, 2.05) is 0 Å². The lowest BCUT2D eigenvalue weighted by atomic mass is 10.0. The summed E-state index contributed by atoms with van der Waals surface area (Å²) in [5.74, 6) is -2.26. The molecular formula is C13H9BrN2O4. The average molecular weight is 338 g/mol. The van der Waals surface area contributed by atoms with Crippen molar-refractivity contribution in [2.45, 2.75) is 18.9 Å². The number of fused-ring (bicyclic) bond motifs is 1. The third-order valence-electron chi connectivity index (χ3n) is 3.35. The number of piperidine rings is 1. The summed E-state index contributed by atoms with van der Waals surface area (Å²) in [6.45, 7) is 0. The average Bonchev–Trinajstić information content (AvgIpc) is 2.63. The van der Waals surface area contributed by atoms with Crippen molar-refractivity contribution < 1.29 is 20.5 Å². The number of benzene rings is 1. The Morgan fingerprint density at radius 1 is 1.25 bits per heavy atom. The van der Waals surface area contributed by atoms with Crippen LogP contribution in [0.25, 0.3) is 0 Å². The molecule has 1 fully saturated rings. The highest BCUT2D eigenvalue weighted by Gasteiger charge is 2.45. The van der Waals surface area contributed by atoms with Crippen molar-refractivity contribution in [2.24, 2.45) is 0 Å². The van der Waals surface area contributed by atoms with Crippen LogP contribution in [-0.2, 0) is 9.59 Å². The zero-order chi connectivity index (χ0) is 15.3. The van der Waals surface area contributed by atoms with Crippen molar-refractivity contribution in [1.82, 2.24) is 10.2 Å². The topological polar surface area (TPSA) is 83.6 Å². The Hall–Kier alpha value is -2.02. The molecule has 0 bridgehead atoms. The number of nitrogens with one attached hydrogen (secondary N) is 1. The van der Waals surface area contributed by atoms with Crippen LogP contribution in [-0.4, -0.2) is 34.6 Å². The molecule has 2 aliphatic rings. The minimum absolute atomic E-state index is 0.0781. The fourth-order valence-electron chi connectivity index (χ4n) is 2.41. The molecule has 1 atom stereocenters. The first-order valence-electron chi connectivity index (χ1n) is 6.42. The Kier molecular flexibility index (Phi) is 2.66. The van der Waals surface area contributed by atoms with Gasteiger partial charge in [0, 0.05) is 10.9 Å². The molecule has 102 valence electrons. The minimum atomic E-state index is -0.990. The van der Waals surface area contributed by atoms with Crippen LogP contribution in [0.3, 0.4) is 0 Å². The van der Waals surface area contributed by atoms with Gasteiger partial charge in [-0.3, -0.25) is 29.4 Å². The summed E-state index contributed by atoms with van der Waals surface area (Å²) in [6.07, 6.45) is 0.191. The first-order chi connectivity index (χ1) is 9.90. The molecule has 4 amide bonds. The predicted molar refractivity (Wildman–Crippen MR) is 70.8 cm³/mol. The van der Waals surface area contributed by atoms with Crippen LogP contribution in [0.1, 0.15) is 34.9 Å². The van der Waals surface area contributed by atoms with Crippen LogP contribution in [0.15, 0.2) is 22.6 Å². The summed E-state index contributed by atoms with van der Waals surface area (Å²) < 4.78 is 7.95. The Bertz CT molecular complexity index is 718. The maximum absolute atomic E-state index is 12.4. The zero-order valence-corrected chi connectivity index (χ0v) is 11.7. The molecular weight excluding hydrogens is 328 g/mol. The highest BCUT2D eigenvalue weighted by Crippen LogP contribution is 2.32. The molecule has 20 heavy (non-hydrogen) atoms. The molecule has 1 unspecified atom stereocenters. The summed E-state index contributed by atoms with van der Waals surface area (Å²) in [5.41, 5.74) is 0.254. The second-order valence-corrected chi connectivity index (χ2v) is 5.39. The number of hydrogen-bond donors (Lipinski definition) is 1. The van der Waals surface area contributed by atoms with Crippen molar-refractivity contribution in [1.29, 1.82) is 0 Å². The van der Waals surface area contributed by atoms with E-state index in [0.29, 0.717) is 4.47 Å². The Morgan fingerprint density at radius 2 is 2.00 bits per heavy atom. The van der Waals surface area contributed by atoms with Crippen LogP contribution < -0.4 is 5.32 Å². The standard InChI is InChI=1S/C13H9BrN2O4/c14-7-3-1-2-6-10(7)13(20)16(12(6)19)8-4-5-9(17)15-11(8)18/h1-3,8H,4-5H2,(H,15,17,18)/i1D. The van der Waals surface area contributed by atoms with Gasteiger partial charge >= 0.3 is 0 Å². The van der Waals surface area contributed by atoms with Gasteiger partial charge in [-0.25, -0.2) is 0 Å². The molecule has 0 spiro atoms. The highest BCUT2D eigenvalue weighted by atomic mass is 79.9. The molecule has 0 saturated carbocycles. The van der Waals surface area contributed by atoms with Gasteiger partial charge in [0.2, 0.25) is 11.8 Å². The third kappa shape index (κ3) is 1.77. The molecule has 2 aliphatic heterocycles. The second kappa shape index (κ2) is 4.52. The molecule has 1 N–H and O–H groups in total. The molecule has 1 saturated heterocycles. The van der Waals surface area contributed by atoms with Crippen LogP contribution in [0.5, 0.6) is 0 Å². The van der Waals surface area contributed by atoms with Gasteiger partial charge < -0.3 is 0 Å². The molecule has 2 heterocycles. The predicted octanol–water partition coefficient (Wildman–Crippen LogP) is 0.850. The van der Waals surface area contributed by atoms with Crippen LogP contribution >= 0.6 is 15.9 Å². The quantitative estimate of drug-likeness (QED) is 0.770. The molecule has 1 aromatic rings. The van der Waals surface area contributed by atoms with E-state index in [0.717, 1.165) is 4.90 Å². The summed E-state index contributed by atoms with van der Waals surface area (Å²) in [5, 5.41) is 2.13. The summed E-state index contributed by atoms with van der Waals surface area (Å²) in [6, 6.07) is 1.81. The van der Waals surface area contributed by atoms with E-state index < -0.39 is 29.7 Å². The second-order valence-electron chi connectivity index (χ2n) is 4.54. The number of halogens is 1. The number of hydrogen-bond acceptors (Lipinski definition) is 4. The number of amides is 4. The third-order valence-corrected chi connectivity index (χ3v) is 3.97. The van der Waals surface area contributed by atoms with E-state index in [2.05, 4.69) is 21.2 Å². The van der Waals surface area contributed by atoms with Gasteiger partial charge in [0.25, 0.3) is 11.8 Å². The molecule has 0 aliphatic carbocycles. The molecule has 0 aromatic heterocycles. The lowest BCUT2D eigenvalue weighted by molar-refractivity contribution is -0.136. The first-order valence-corrected chi connectivity index (χ1v) is 6.71. The number of rotatable bonds is 1. The van der Waals surface area contributed by atoms with E-state index in [1.54, 1.807) is 0 Å². The monoisotopic (exact) mass is 337 g/mol. The van der Waals surface area contributed by atoms with E-state index in [-0.39, 0.29) is 30.0 Å². The van der Waals surface area contributed by atoms with Crippen LogP contribution in [0.2, 0.25) is 0 Å². The fraction of sp³-hybridized carbons (Fsp3) is 0.231. The maximum Gasteiger partial charge on any atom is 0.263 e. The minimum Gasteiger partial charge on any atom is -0.295 e. The lowest BCUT2D eigenvalue weighted by Crippen LogP contribution is -2.54. The van der Waals surface area contributed by atoms with Crippen molar-refractivity contribution in [3.63, 3.8) is 0 Å².